The van der Waals surface area contributed by atoms with Gasteiger partial charge in [0, 0.05) is 44.9 Å². The molecule has 0 bridgehead atoms. The molecule has 0 radical (unpaired) electrons. The van der Waals surface area contributed by atoms with E-state index >= 15 is 0 Å². The normalized spacial score (nSPS) is 15.6. The van der Waals surface area contributed by atoms with Gasteiger partial charge < -0.3 is 43.4 Å². The summed E-state index contributed by atoms with van der Waals surface area (Å²) in [7, 11) is 5.32. The predicted molar refractivity (Wildman–Crippen MR) is 349 cm³/mol. The minimum atomic E-state index is -0.374. The summed E-state index contributed by atoms with van der Waals surface area (Å²) >= 11 is 0. The molecule has 0 aromatic rings. The monoisotopic (exact) mass is 1210 g/mol. The van der Waals surface area contributed by atoms with Gasteiger partial charge in [-0.15, -0.1) is 0 Å². The van der Waals surface area contributed by atoms with Crippen LogP contribution in [0.1, 0.15) is 293 Å². The zero-order valence-corrected chi connectivity index (χ0v) is 57.2. The minimum absolute atomic E-state index is 0.0251. The maximum atomic E-state index is 12.2. The fourth-order valence-electron chi connectivity index (χ4n) is 9.16. The number of ether oxygens (including phenoxy) is 5. The molecule has 3 atom stereocenters. The molecule has 16 heteroatoms. The van der Waals surface area contributed by atoms with Crippen molar-refractivity contribution in [3.8, 4) is 0 Å². The van der Waals surface area contributed by atoms with Gasteiger partial charge in [-0.05, 0) is 110 Å². The molecule has 0 aromatic heterocycles. The van der Waals surface area contributed by atoms with Crippen molar-refractivity contribution < 1.29 is 62.4 Å². The Morgan fingerprint density at radius 2 is 0.906 bits per heavy atom. The third kappa shape index (κ3) is 66.3. The number of rotatable bonds is 43. The molecule has 1 aliphatic carbocycles. The van der Waals surface area contributed by atoms with E-state index in [0.29, 0.717) is 58.1 Å². The largest absolute Gasteiger partial charge is 0.466 e. The van der Waals surface area contributed by atoms with E-state index < -0.39 is 0 Å². The van der Waals surface area contributed by atoms with Crippen molar-refractivity contribution in [3.63, 3.8) is 0 Å². The first-order valence-electron chi connectivity index (χ1n) is 34.4. The van der Waals surface area contributed by atoms with Gasteiger partial charge in [0.15, 0.2) is 0 Å². The van der Waals surface area contributed by atoms with Gasteiger partial charge in [-0.25, -0.2) is 0 Å². The summed E-state index contributed by atoms with van der Waals surface area (Å²) in [6, 6.07) is 0.898. The third-order valence-corrected chi connectivity index (χ3v) is 15.1. The Labute approximate surface area is 521 Å². The molecule has 0 aromatic carbocycles. The van der Waals surface area contributed by atoms with Crippen molar-refractivity contribution >= 4 is 42.4 Å². The first-order valence-corrected chi connectivity index (χ1v) is 34.4. The standard InChI is InChI=1S/C25H45NO5.C14H28O2.C11H22O2.C8H15NO2.C7H15N.C3H6O.CH4O/c1-3-5-7-9-11-13-17-30-24(28)20-26(19-23(27)22-15-16-22)21-25(29)31-18-14-12-10-8-6-4-2;1-4-6-7-8-9-10-11-16-14(15)12-13(3)5-2;1-3-5-6-7-8-9-10-13-11(12)4-2;1-9-5-2-3-8(4-6-9)11-7-10;1-3-7-5-4-6-8(7)2;1-2-3-4;1-2/h22H,3-21H2,1-2H3;13H,4-12H2,1-3H3;3-10H2,1-2H3;7-8H,2-6H2,1H3;7H,3-6H2,1-2H3;3H,2H2,1H3;2H,1H3. The number of aliphatic hydroxyl groups excluding tert-OH is 1. The number of Topliss-reactive ketones (excluding diaryl/α,β-unsaturated/α-hetero) is 1. The lowest BCUT2D eigenvalue weighted by Crippen LogP contribution is -2.40. The minimum Gasteiger partial charge on any atom is -0.466 e. The summed E-state index contributed by atoms with van der Waals surface area (Å²) in [5, 5.41) is 7.00. The van der Waals surface area contributed by atoms with Crippen molar-refractivity contribution in [1.29, 1.82) is 0 Å². The highest BCUT2D eigenvalue weighted by atomic mass is 16.5. The van der Waals surface area contributed by atoms with Crippen LogP contribution in [0.5, 0.6) is 0 Å². The van der Waals surface area contributed by atoms with Crippen LogP contribution in [0.15, 0.2) is 0 Å². The molecule has 0 amide bonds. The first kappa shape index (κ1) is 88.0. The van der Waals surface area contributed by atoms with E-state index in [-0.39, 0.29) is 61.3 Å². The fraction of sp³-hybridized carbons (Fsp3) is 0.899. The molecule has 3 fully saturated rings. The SMILES string of the molecule is CCC1CCCN1C.CCC=O.CCCCCCCCOC(=O)CC.CCCCCCCCOC(=O)CC(C)CC.CCCCCCCCOC(=O)CN(CC(=O)OCCCCCCCC)CC(=O)C1CC1.CN1CCCC(OC=O)CC1.CO. The summed E-state index contributed by atoms with van der Waals surface area (Å²) in [4.78, 5) is 84.2. The lowest BCUT2D eigenvalue weighted by molar-refractivity contribution is -0.149. The molecule has 1 N–H and O–H groups in total. The average Bonchev–Trinajstić information content (AvgIpc) is 4.54. The molecule has 3 rings (SSSR count). The number of likely N-dealkylation sites (tertiary alicyclic amines) is 2. The zero-order valence-electron chi connectivity index (χ0n) is 57.2. The molecule has 2 heterocycles. The number of hydrogen-bond donors (Lipinski definition) is 1. The van der Waals surface area contributed by atoms with Crippen molar-refractivity contribution in [2.75, 3.05) is 86.9 Å². The Morgan fingerprint density at radius 3 is 1.25 bits per heavy atom. The Morgan fingerprint density at radius 1 is 0.506 bits per heavy atom. The molecular formula is C69H135N3O13. The summed E-state index contributed by atoms with van der Waals surface area (Å²) in [6.07, 6.45) is 41.3. The van der Waals surface area contributed by atoms with E-state index in [1.54, 1.807) is 4.90 Å². The van der Waals surface area contributed by atoms with E-state index in [4.69, 9.17) is 28.8 Å². The van der Waals surface area contributed by atoms with Crippen LogP contribution in [0.25, 0.3) is 0 Å². The summed E-state index contributed by atoms with van der Waals surface area (Å²) in [5.41, 5.74) is 0. The van der Waals surface area contributed by atoms with E-state index in [0.717, 1.165) is 122 Å². The number of carbonyl (C=O) groups is 7. The second kappa shape index (κ2) is 69.6. The zero-order chi connectivity index (χ0) is 64.4. The van der Waals surface area contributed by atoms with Gasteiger partial charge in [-0.3, -0.25) is 33.7 Å². The molecule has 504 valence electrons. The molecule has 2 saturated heterocycles. The number of ketones is 1. The number of unbranched alkanes of at least 4 members (excludes halogenated alkanes) is 20. The Kier molecular flexibility index (Phi) is 72.1. The summed E-state index contributed by atoms with van der Waals surface area (Å²) in [6.45, 7) is 25.0. The lowest BCUT2D eigenvalue weighted by Gasteiger charge is -2.20. The van der Waals surface area contributed by atoms with E-state index in [2.05, 4.69) is 72.4 Å². The van der Waals surface area contributed by atoms with Gasteiger partial charge in [0.25, 0.3) is 6.47 Å². The van der Waals surface area contributed by atoms with Crippen molar-refractivity contribution in [3.05, 3.63) is 0 Å². The predicted octanol–water partition coefficient (Wildman–Crippen LogP) is 15.0. The molecular weight excluding hydrogens is 1080 g/mol. The van der Waals surface area contributed by atoms with Crippen LogP contribution in [0, 0.1) is 11.8 Å². The first-order chi connectivity index (χ1) is 41.2. The van der Waals surface area contributed by atoms with Gasteiger partial charge in [-0.1, -0.05) is 197 Å². The van der Waals surface area contributed by atoms with Crippen LogP contribution in [-0.2, 0) is 57.2 Å². The van der Waals surface area contributed by atoms with Crippen molar-refractivity contribution in [2.24, 2.45) is 11.8 Å². The van der Waals surface area contributed by atoms with E-state index in [9.17, 15) is 33.6 Å². The van der Waals surface area contributed by atoms with E-state index in [1.807, 2.05) is 13.8 Å². The number of hydrogen-bond acceptors (Lipinski definition) is 16. The van der Waals surface area contributed by atoms with Crippen LogP contribution in [0.3, 0.4) is 0 Å². The Balaban J connectivity index is -0.000000510. The molecule has 1 saturated carbocycles. The van der Waals surface area contributed by atoms with Crippen LogP contribution >= 0.6 is 0 Å². The second-order valence-electron chi connectivity index (χ2n) is 23.3. The number of nitrogens with zero attached hydrogens (tertiary/aromatic N) is 3. The highest BCUT2D eigenvalue weighted by molar-refractivity contribution is 5.86. The molecule has 3 unspecified atom stereocenters. The third-order valence-electron chi connectivity index (χ3n) is 15.1. The molecule has 0 spiro atoms. The summed E-state index contributed by atoms with van der Waals surface area (Å²) in [5.74, 6) is -0.191. The van der Waals surface area contributed by atoms with Gasteiger partial charge >= 0.3 is 23.9 Å². The van der Waals surface area contributed by atoms with Gasteiger partial charge in [0.05, 0.1) is 46.1 Å². The number of esters is 4. The average molecular weight is 1210 g/mol. The maximum Gasteiger partial charge on any atom is 0.320 e. The Bertz CT molecular complexity index is 1470. The molecule has 3 aliphatic rings. The van der Waals surface area contributed by atoms with Crippen LogP contribution in [0.4, 0.5) is 0 Å². The van der Waals surface area contributed by atoms with Crippen LogP contribution in [0.2, 0.25) is 0 Å². The smallest absolute Gasteiger partial charge is 0.320 e. The molecule has 85 heavy (non-hydrogen) atoms. The fourth-order valence-corrected chi connectivity index (χ4v) is 9.16. The van der Waals surface area contributed by atoms with Crippen molar-refractivity contribution in [1.82, 2.24) is 14.7 Å². The topological polar surface area (TPSA) is 196 Å². The number of aldehydes is 1. The maximum absolute atomic E-state index is 12.2. The number of carbonyl (C=O) groups excluding carboxylic acids is 7. The van der Waals surface area contributed by atoms with E-state index in [1.165, 1.54) is 129 Å². The number of aliphatic hydroxyl groups is 1. The van der Waals surface area contributed by atoms with Gasteiger partial charge in [0.1, 0.15) is 18.2 Å². The highest BCUT2D eigenvalue weighted by Crippen LogP contribution is 2.30. The van der Waals surface area contributed by atoms with Crippen molar-refractivity contribution in [2.45, 2.75) is 306 Å². The highest BCUT2D eigenvalue weighted by Gasteiger charge is 2.31. The van der Waals surface area contributed by atoms with Crippen LogP contribution < -0.4 is 0 Å². The molecule has 2 aliphatic heterocycles. The molecule has 16 nitrogen and oxygen atoms in total. The second-order valence-corrected chi connectivity index (χ2v) is 23.3. The Hall–Kier alpha value is -3.47. The lowest BCUT2D eigenvalue weighted by atomic mass is 10.1. The summed E-state index contributed by atoms with van der Waals surface area (Å²) < 4.78 is 25.7. The van der Waals surface area contributed by atoms with Crippen LogP contribution in [-0.4, -0.2) is 161 Å². The van der Waals surface area contributed by atoms with Gasteiger partial charge in [0.2, 0.25) is 0 Å². The quantitative estimate of drug-likeness (QED) is 0.0262. The van der Waals surface area contributed by atoms with Gasteiger partial charge in [-0.2, -0.15) is 0 Å².